The average molecular weight is 390 g/mol. The molecule has 2 aromatic carbocycles. The fraction of sp³-hybridized carbons (Fsp3) is 0.478. The molecule has 0 radical (unpaired) electrons. The summed E-state index contributed by atoms with van der Waals surface area (Å²) in [5.41, 5.74) is 4.49. The van der Waals surface area contributed by atoms with Crippen molar-refractivity contribution in [2.75, 3.05) is 19.6 Å². The molecule has 0 amide bonds. The van der Waals surface area contributed by atoms with Crippen LogP contribution in [0, 0.1) is 0 Å². The Kier molecular flexibility index (Phi) is 7.24. The summed E-state index contributed by atoms with van der Waals surface area (Å²) in [6, 6.07) is 20.3. The summed E-state index contributed by atoms with van der Waals surface area (Å²) in [5, 5.41) is 0. The second-order valence-corrected chi connectivity index (χ2v) is 9.40. The van der Waals surface area contributed by atoms with Gasteiger partial charge in [-0.1, -0.05) is 68.4 Å². The minimum Gasteiger partial charge on any atom is -0.304 e. The Morgan fingerprint density at radius 2 is 1.42 bits per heavy atom. The molecule has 3 heteroatoms. The van der Waals surface area contributed by atoms with Gasteiger partial charge in [-0.25, -0.2) is 0 Å². The molecule has 26 heavy (non-hydrogen) atoms. The van der Waals surface area contributed by atoms with E-state index in [0.29, 0.717) is 0 Å². The van der Waals surface area contributed by atoms with Gasteiger partial charge in [0.25, 0.3) is 0 Å². The third-order valence-corrected chi connectivity index (χ3v) is 7.32. The van der Waals surface area contributed by atoms with Gasteiger partial charge in [-0.05, 0) is 63.0 Å². The molecule has 1 unspecified atom stereocenters. The third-order valence-electron chi connectivity index (χ3n) is 5.58. The maximum absolute atomic E-state index is 2.54. The van der Waals surface area contributed by atoms with Crippen molar-refractivity contribution < 1.29 is 0 Å². The number of benzene rings is 2. The van der Waals surface area contributed by atoms with Crippen molar-refractivity contribution in [1.29, 1.82) is 0 Å². The smallest absolute Gasteiger partial charge is 0.0669 e. The Morgan fingerprint density at radius 1 is 0.846 bits per heavy atom. The molecule has 0 saturated heterocycles. The topological polar surface area (TPSA) is 3.24 Å². The van der Waals surface area contributed by atoms with Gasteiger partial charge in [0.2, 0.25) is 0 Å². The van der Waals surface area contributed by atoms with Crippen molar-refractivity contribution in [3.63, 3.8) is 0 Å². The van der Waals surface area contributed by atoms with Gasteiger partial charge in [0.15, 0.2) is 0 Å². The largest absolute Gasteiger partial charge is 0.304 e. The Labute approximate surface area is 170 Å². The molecule has 1 heterocycles. The van der Waals surface area contributed by atoms with Gasteiger partial charge in [0, 0.05) is 4.75 Å². The molecular weight excluding hydrogens is 358 g/mol. The fourth-order valence-corrected chi connectivity index (χ4v) is 6.20. The van der Waals surface area contributed by atoms with E-state index >= 15 is 0 Å². The van der Waals surface area contributed by atoms with E-state index in [1.165, 1.54) is 36.1 Å². The third kappa shape index (κ3) is 3.98. The summed E-state index contributed by atoms with van der Waals surface area (Å²) in [7, 11) is 0. The zero-order valence-corrected chi connectivity index (χ0v) is 18.1. The van der Waals surface area contributed by atoms with Crippen molar-refractivity contribution in [2.45, 2.75) is 50.0 Å². The quantitative estimate of drug-likeness (QED) is 0.534. The van der Waals surface area contributed by atoms with Crippen molar-refractivity contribution >= 4 is 24.2 Å². The molecule has 0 bridgehead atoms. The van der Waals surface area contributed by atoms with Crippen LogP contribution in [-0.4, -0.2) is 24.5 Å². The molecule has 3 rings (SSSR count). The zero-order valence-electron chi connectivity index (χ0n) is 16.5. The number of nitrogens with zero attached hydrogens (tertiary/aromatic N) is 1. The van der Waals surface area contributed by atoms with Crippen LogP contribution in [0.15, 0.2) is 54.6 Å². The Hall–Kier alpha value is -0.960. The van der Waals surface area contributed by atoms with Crippen LogP contribution < -0.4 is 0 Å². The molecule has 1 aliphatic rings. The van der Waals surface area contributed by atoms with Crippen molar-refractivity contribution in [1.82, 2.24) is 4.90 Å². The fourth-order valence-electron chi connectivity index (χ4n) is 4.25. The number of hydrogen-bond donors (Lipinski definition) is 0. The van der Waals surface area contributed by atoms with Crippen molar-refractivity contribution in [3.8, 4) is 0 Å². The van der Waals surface area contributed by atoms with Crippen LogP contribution in [0.1, 0.15) is 57.2 Å². The van der Waals surface area contributed by atoms with Crippen LogP contribution in [0.3, 0.4) is 0 Å². The van der Waals surface area contributed by atoms with E-state index in [0.717, 1.165) is 13.1 Å². The minimum atomic E-state index is 0. The Balaban J connectivity index is 0.00000243. The van der Waals surface area contributed by atoms with E-state index in [4.69, 9.17) is 0 Å². The first-order valence-electron chi connectivity index (χ1n) is 9.61. The Bertz CT molecular complexity index is 696. The van der Waals surface area contributed by atoms with Crippen LogP contribution in [0.2, 0.25) is 0 Å². The van der Waals surface area contributed by atoms with Crippen molar-refractivity contribution in [3.05, 3.63) is 71.3 Å². The van der Waals surface area contributed by atoms with Crippen LogP contribution in [0.4, 0.5) is 0 Å². The molecule has 0 spiro atoms. The first-order chi connectivity index (χ1) is 12.0. The molecule has 1 nitrogen and oxygen atoms in total. The molecule has 0 fully saturated rings. The number of halogens is 1. The van der Waals surface area contributed by atoms with Crippen LogP contribution >= 0.6 is 24.2 Å². The molecular formula is C23H32ClNS. The van der Waals surface area contributed by atoms with Gasteiger partial charge >= 0.3 is 0 Å². The molecule has 1 aliphatic heterocycles. The lowest BCUT2D eigenvalue weighted by Gasteiger charge is -2.33. The van der Waals surface area contributed by atoms with Gasteiger partial charge in [0.05, 0.1) is 4.75 Å². The SMILES string of the molecule is CCN(CC)CCCC1(c2ccccc2)SC(C)(C)c2ccccc21.Cl. The highest BCUT2D eigenvalue weighted by molar-refractivity contribution is 8.01. The number of thioether (sulfide) groups is 1. The van der Waals surface area contributed by atoms with Gasteiger partial charge in [-0.3, -0.25) is 0 Å². The summed E-state index contributed by atoms with van der Waals surface area (Å²) in [4.78, 5) is 2.54. The molecule has 0 N–H and O–H groups in total. The zero-order chi connectivity index (χ0) is 17.9. The lowest BCUT2D eigenvalue weighted by atomic mass is 9.82. The van der Waals surface area contributed by atoms with Gasteiger partial charge in [-0.2, -0.15) is 0 Å². The van der Waals surface area contributed by atoms with Crippen LogP contribution in [-0.2, 0) is 9.49 Å². The molecule has 0 saturated carbocycles. The first kappa shape index (κ1) is 21.3. The lowest BCUT2D eigenvalue weighted by molar-refractivity contribution is 0.293. The van der Waals surface area contributed by atoms with Gasteiger partial charge in [-0.15, -0.1) is 24.2 Å². The van der Waals surface area contributed by atoms with E-state index in [9.17, 15) is 0 Å². The van der Waals surface area contributed by atoms with E-state index < -0.39 is 0 Å². The maximum Gasteiger partial charge on any atom is 0.0669 e. The minimum absolute atomic E-state index is 0. The Morgan fingerprint density at radius 3 is 2.04 bits per heavy atom. The summed E-state index contributed by atoms with van der Waals surface area (Å²) in [6.45, 7) is 12.8. The van der Waals surface area contributed by atoms with Crippen molar-refractivity contribution in [2.24, 2.45) is 0 Å². The summed E-state index contributed by atoms with van der Waals surface area (Å²) in [5.74, 6) is 0. The standard InChI is InChI=1S/C23H31NS.ClH/c1-5-24(6-2)18-12-17-23(19-13-8-7-9-14-19)21-16-11-10-15-20(21)22(3,4)25-23;/h7-11,13-16H,5-6,12,17-18H2,1-4H3;1H. The summed E-state index contributed by atoms with van der Waals surface area (Å²) < 4.78 is 0.232. The maximum atomic E-state index is 2.54. The molecule has 0 aromatic heterocycles. The molecule has 0 aliphatic carbocycles. The van der Waals surface area contributed by atoms with Gasteiger partial charge < -0.3 is 4.90 Å². The van der Waals surface area contributed by atoms with Crippen LogP contribution in [0.5, 0.6) is 0 Å². The lowest BCUT2D eigenvalue weighted by Crippen LogP contribution is -2.27. The van der Waals surface area contributed by atoms with E-state index in [-0.39, 0.29) is 21.9 Å². The van der Waals surface area contributed by atoms with Crippen LogP contribution in [0.25, 0.3) is 0 Å². The summed E-state index contributed by atoms with van der Waals surface area (Å²) in [6.07, 6.45) is 2.42. The van der Waals surface area contributed by atoms with E-state index in [1.807, 2.05) is 0 Å². The highest BCUT2D eigenvalue weighted by atomic mass is 35.5. The number of rotatable bonds is 7. The van der Waals surface area contributed by atoms with E-state index in [2.05, 4.69) is 99.0 Å². The average Bonchev–Trinajstić information content (AvgIpc) is 2.88. The molecule has 142 valence electrons. The highest BCUT2D eigenvalue weighted by Crippen LogP contribution is 2.62. The highest BCUT2D eigenvalue weighted by Gasteiger charge is 2.48. The van der Waals surface area contributed by atoms with E-state index in [1.54, 1.807) is 0 Å². The van der Waals surface area contributed by atoms with Gasteiger partial charge in [0.1, 0.15) is 0 Å². The predicted octanol–water partition coefficient (Wildman–Crippen LogP) is 6.46. The number of fused-ring (bicyclic) bond motifs is 1. The molecule has 2 aromatic rings. The number of hydrogen-bond acceptors (Lipinski definition) is 2. The normalized spacial score (nSPS) is 20.7. The molecule has 1 atom stereocenters. The summed E-state index contributed by atoms with van der Waals surface area (Å²) >= 11 is 2.15. The monoisotopic (exact) mass is 389 g/mol. The second kappa shape index (κ2) is 8.82. The predicted molar refractivity (Wildman–Crippen MR) is 119 cm³/mol. The second-order valence-electron chi connectivity index (χ2n) is 7.48. The first-order valence-corrected chi connectivity index (χ1v) is 10.4.